The minimum absolute atomic E-state index is 0.160. The molecule has 144 valence electrons. The van der Waals surface area contributed by atoms with Crippen molar-refractivity contribution in [2.75, 3.05) is 12.4 Å². The summed E-state index contributed by atoms with van der Waals surface area (Å²) < 4.78 is 6.32. The molecule has 0 saturated heterocycles. The average molecular weight is 396 g/mol. The molecule has 1 aromatic carbocycles. The van der Waals surface area contributed by atoms with Gasteiger partial charge < -0.3 is 10.1 Å². The number of ether oxygens (including phenoxy) is 1. The highest BCUT2D eigenvalue weighted by molar-refractivity contribution is 7.15. The first kappa shape index (κ1) is 18.4. The van der Waals surface area contributed by atoms with Gasteiger partial charge in [0, 0.05) is 16.5 Å². The lowest BCUT2D eigenvalue weighted by molar-refractivity contribution is -0.117. The lowest BCUT2D eigenvalue weighted by atomic mass is 10.0. The van der Waals surface area contributed by atoms with Crippen molar-refractivity contribution in [2.45, 2.75) is 32.2 Å². The molecule has 2 aromatic heterocycles. The fraction of sp³-hybridized carbons (Fsp3) is 0.300. The van der Waals surface area contributed by atoms with Gasteiger partial charge in [0.15, 0.2) is 5.13 Å². The van der Waals surface area contributed by atoms with Crippen LogP contribution in [0.3, 0.4) is 0 Å². The van der Waals surface area contributed by atoms with Crippen molar-refractivity contribution in [3.8, 4) is 17.0 Å². The molecule has 3 aromatic rings. The number of nitrogens with one attached hydrogen (secondary N) is 1. The van der Waals surface area contributed by atoms with Gasteiger partial charge in [-0.2, -0.15) is 5.10 Å². The number of anilines is 1. The molecule has 0 bridgehead atoms. The van der Waals surface area contributed by atoms with E-state index in [1.54, 1.807) is 13.2 Å². The number of methoxy groups -OCH3 is 1. The predicted molar refractivity (Wildman–Crippen MR) is 108 cm³/mol. The largest absolute Gasteiger partial charge is 0.497 e. The maximum absolute atomic E-state index is 12.4. The third-order valence-corrected chi connectivity index (χ3v) is 5.71. The number of nitrogens with zero attached hydrogens (tertiary/aromatic N) is 3. The molecule has 1 aliphatic carbocycles. The van der Waals surface area contributed by atoms with E-state index in [1.807, 2.05) is 24.3 Å². The van der Waals surface area contributed by atoms with E-state index in [0.29, 0.717) is 10.8 Å². The fourth-order valence-corrected chi connectivity index (χ4v) is 4.24. The van der Waals surface area contributed by atoms with E-state index in [-0.39, 0.29) is 18.0 Å². The molecule has 0 radical (unpaired) electrons. The molecule has 7 nitrogen and oxygen atoms in total. The summed E-state index contributed by atoms with van der Waals surface area (Å²) in [4.78, 5) is 30.3. The van der Waals surface area contributed by atoms with Gasteiger partial charge in [0.25, 0.3) is 5.56 Å². The lowest BCUT2D eigenvalue weighted by Gasteiger charge is -2.07. The Morgan fingerprint density at radius 2 is 1.96 bits per heavy atom. The van der Waals surface area contributed by atoms with E-state index in [0.717, 1.165) is 36.3 Å². The van der Waals surface area contributed by atoms with Gasteiger partial charge in [0.2, 0.25) is 5.91 Å². The monoisotopic (exact) mass is 396 g/mol. The SMILES string of the molecule is COc1ccc(-c2ccc(=O)n(CC(=O)Nc3nc4c(s3)CCCC4)n2)cc1. The predicted octanol–water partition coefficient (Wildman–Crippen LogP) is 2.89. The number of rotatable bonds is 5. The zero-order chi connectivity index (χ0) is 19.5. The van der Waals surface area contributed by atoms with Gasteiger partial charge in [-0.3, -0.25) is 9.59 Å². The molecule has 2 heterocycles. The van der Waals surface area contributed by atoms with Crippen molar-refractivity contribution >= 4 is 22.4 Å². The first-order valence-electron chi connectivity index (χ1n) is 9.13. The second-order valence-corrected chi connectivity index (χ2v) is 7.67. The second-order valence-electron chi connectivity index (χ2n) is 6.59. The number of hydrogen-bond acceptors (Lipinski definition) is 6. The Balaban J connectivity index is 1.49. The van der Waals surface area contributed by atoms with E-state index in [1.165, 1.54) is 33.4 Å². The Bertz CT molecular complexity index is 1030. The standard InChI is InChI=1S/C20H20N4O3S/c1-27-14-8-6-13(7-9-14)15-10-11-19(26)24(23-15)12-18(25)22-20-21-16-4-2-3-5-17(16)28-20/h6-11H,2-5,12H2,1H3,(H,21,22,25). The topological polar surface area (TPSA) is 86.1 Å². The number of carbonyl (C=O) groups is 1. The van der Waals surface area contributed by atoms with Crippen LogP contribution in [0.4, 0.5) is 5.13 Å². The Hall–Kier alpha value is -3.00. The number of aryl methyl sites for hydroxylation is 2. The second kappa shape index (κ2) is 7.93. The number of fused-ring (bicyclic) bond motifs is 1. The Labute approximate surface area is 166 Å². The van der Waals surface area contributed by atoms with Crippen LogP contribution in [0.5, 0.6) is 5.75 Å². The minimum atomic E-state index is -0.328. The molecule has 28 heavy (non-hydrogen) atoms. The van der Waals surface area contributed by atoms with Crippen LogP contribution in [-0.2, 0) is 24.2 Å². The number of benzene rings is 1. The third kappa shape index (κ3) is 3.96. The molecule has 4 rings (SSSR count). The first-order valence-corrected chi connectivity index (χ1v) is 9.95. The molecular formula is C20H20N4O3S. The van der Waals surface area contributed by atoms with Gasteiger partial charge in [-0.25, -0.2) is 9.67 Å². The zero-order valence-corrected chi connectivity index (χ0v) is 16.3. The van der Waals surface area contributed by atoms with E-state index in [2.05, 4.69) is 15.4 Å². The lowest BCUT2D eigenvalue weighted by Crippen LogP contribution is -2.29. The number of thiazole rings is 1. The maximum Gasteiger partial charge on any atom is 0.267 e. The maximum atomic E-state index is 12.4. The molecule has 0 unspecified atom stereocenters. The Morgan fingerprint density at radius 1 is 1.18 bits per heavy atom. The molecule has 8 heteroatoms. The molecule has 0 saturated carbocycles. The van der Waals surface area contributed by atoms with Crippen molar-refractivity contribution in [2.24, 2.45) is 0 Å². The van der Waals surface area contributed by atoms with Gasteiger partial charge in [0.1, 0.15) is 12.3 Å². The van der Waals surface area contributed by atoms with Crippen LogP contribution in [0.25, 0.3) is 11.3 Å². The molecule has 0 atom stereocenters. The van der Waals surface area contributed by atoms with Gasteiger partial charge in [0.05, 0.1) is 18.5 Å². The normalized spacial score (nSPS) is 13.0. The Kier molecular flexibility index (Phi) is 5.21. The van der Waals surface area contributed by atoms with Crippen LogP contribution >= 0.6 is 11.3 Å². The smallest absolute Gasteiger partial charge is 0.267 e. The van der Waals surface area contributed by atoms with E-state index < -0.39 is 0 Å². The van der Waals surface area contributed by atoms with Crippen LogP contribution in [-0.4, -0.2) is 27.8 Å². The molecule has 1 N–H and O–H groups in total. The highest BCUT2D eigenvalue weighted by Gasteiger charge is 2.17. The number of carbonyl (C=O) groups excluding carboxylic acids is 1. The Morgan fingerprint density at radius 3 is 2.71 bits per heavy atom. The van der Waals surface area contributed by atoms with Gasteiger partial charge in [-0.05, 0) is 56.0 Å². The minimum Gasteiger partial charge on any atom is -0.497 e. The van der Waals surface area contributed by atoms with Crippen LogP contribution in [0.2, 0.25) is 0 Å². The van der Waals surface area contributed by atoms with Crippen molar-refractivity contribution < 1.29 is 9.53 Å². The third-order valence-electron chi connectivity index (χ3n) is 4.64. The van der Waals surface area contributed by atoms with Crippen molar-refractivity contribution in [1.82, 2.24) is 14.8 Å². The van der Waals surface area contributed by atoms with Gasteiger partial charge >= 0.3 is 0 Å². The summed E-state index contributed by atoms with van der Waals surface area (Å²) in [6.07, 6.45) is 4.29. The van der Waals surface area contributed by atoms with E-state index in [9.17, 15) is 9.59 Å². The molecule has 1 aliphatic rings. The highest BCUT2D eigenvalue weighted by Crippen LogP contribution is 2.29. The first-order chi connectivity index (χ1) is 13.6. The molecule has 0 aliphatic heterocycles. The molecule has 1 amide bonds. The zero-order valence-electron chi connectivity index (χ0n) is 15.5. The van der Waals surface area contributed by atoms with E-state index >= 15 is 0 Å². The van der Waals surface area contributed by atoms with Crippen LogP contribution in [0.15, 0.2) is 41.2 Å². The summed E-state index contributed by atoms with van der Waals surface area (Å²) in [7, 11) is 1.60. The molecular weight excluding hydrogens is 376 g/mol. The summed E-state index contributed by atoms with van der Waals surface area (Å²) in [6, 6.07) is 10.4. The summed E-state index contributed by atoms with van der Waals surface area (Å²) in [5.74, 6) is 0.426. The van der Waals surface area contributed by atoms with Crippen molar-refractivity contribution in [3.63, 3.8) is 0 Å². The fourth-order valence-electron chi connectivity index (χ4n) is 3.18. The quantitative estimate of drug-likeness (QED) is 0.717. The summed E-state index contributed by atoms with van der Waals surface area (Å²) in [5.41, 5.74) is 2.21. The van der Waals surface area contributed by atoms with E-state index in [4.69, 9.17) is 4.74 Å². The van der Waals surface area contributed by atoms with Gasteiger partial charge in [-0.1, -0.05) is 0 Å². The summed E-state index contributed by atoms with van der Waals surface area (Å²) in [6.45, 7) is -0.160. The van der Waals surface area contributed by atoms with Crippen LogP contribution < -0.4 is 15.6 Å². The highest BCUT2D eigenvalue weighted by atomic mass is 32.1. The summed E-state index contributed by atoms with van der Waals surface area (Å²) in [5, 5.41) is 7.73. The number of amides is 1. The van der Waals surface area contributed by atoms with Crippen LogP contribution in [0, 0.1) is 0 Å². The van der Waals surface area contributed by atoms with Gasteiger partial charge in [-0.15, -0.1) is 11.3 Å². The molecule has 0 spiro atoms. The van der Waals surface area contributed by atoms with Crippen molar-refractivity contribution in [3.05, 3.63) is 57.3 Å². The number of aromatic nitrogens is 3. The number of hydrogen-bond donors (Lipinski definition) is 1. The van der Waals surface area contributed by atoms with Crippen LogP contribution in [0.1, 0.15) is 23.4 Å². The molecule has 0 fully saturated rings. The van der Waals surface area contributed by atoms with Crippen molar-refractivity contribution in [1.29, 1.82) is 0 Å². The summed E-state index contributed by atoms with van der Waals surface area (Å²) >= 11 is 1.52. The average Bonchev–Trinajstić information content (AvgIpc) is 3.12.